The summed E-state index contributed by atoms with van der Waals surface area (Å²) in [6.45, 7) is 20.9. The highest BCUT2D eigenvalue weighted by Crippen LogP contribution is 2.39. The molecular formula is C88H88F4N18O6. The summed E-state index contributed by atoms with van der Waals surface area (Å²) in [5, 5.41) is 16.6. The van der Waals surface area contributed by atoms with Crippen molar-refractivity contribution in [1.29, 1.82) is 0 Å². The minimum absolute atomic E-state index is 0.0223. The van der Waals surface area contributed by atoms with Crippen LogP contribution in [-0.4, -0.2) is 148 Å². The molecule has 3 unspecified atom stereocenters. The topological polar surface area (TPSA) is 321 Å². The van der Waals surface area contributed by atoms with Gasteiger partial charge >= 0.3 is 0 Å². The number of nitrogens with zero attached hydrogens (tertiary/aromatic N) is 15. The number of halogens is 4. The molecule has 6 N–H and O–H groups in total. The molecule has 28 heteroatoms. The van der Waals surface area contributed by atoms with Crippen LogP contribution in [0.5, 0.6) is 0 Å². The lowest BCUT2D eigenvalue weighted by atomic mass is 9.86. The lowest BCUT2D eigenvalue weighted by Crippen LogP contribution is -2.40. The highest BCUT2D eigenvalue weighted by Gasteiger charge is 2.33. The largest absolute Gasteiger partial charge is 0.383 e. The van der Waals surface area contributed by atoms with Crippen LogP contribution in [0.2, 0.25) is 0 Å². The van der Waals surface area contributed by atoms with Gasteiger partial charge < -0.3 is 31.9 Å². The Morgan fingerprint density at radius 3 is 1.15 bits per heavy atom. The van der Waals surface area contributed by atoms with Crippen molar-refractivity contribution in [3.63, 3.8) is 0 Å². The maximum absolute atomic E-state index is 13.9. The Morgan fingerprint density at radius 2 is 0.793 bits per heavy atom. The van der Waals surface area contributed by atoms with Gasteiger partial charge in [-0.3, -0.25) is 28.8 Å². The van der Waals surface area contributed by atoms with E-state index in [0.29, 0.717) is 133 Å². The van der Waals surface area contributed by atoms with Crippen LogP contribution in [-0.2, 0) is 39.1 Å². The van der Waals surface area contributed by atoms with Crippen LogP contribution in [0.25, 0.3) is 66.9 Å². The standard InChI is InChI=1S/C32H36N6O2.2C28H26F2N6O2/c1-5-27(40)37-18-6-7-25(19-37)38-31-28(30(33)34-20-35-31)29(36-38)23-11-8-21(9-12-23)10-17-26(39)22-13-15-24(16-14-22)32(2,3)4;1-2-23(38)35-14-4-5-19(15-35)36-28-25(27(31)32-16-33-28)26(34-36)18-11-8-17(9-12-18)10-13-22(37)24-20(29)6-3-7-21(24)30;1-2-24(38)35-13-3-4-20(15-35)36-28-25(27(31)32-16-33-28)26(34-36)18-8-5-17(6-9-18)7-12-23(37)21-14-19(29)10-11-22(21)30/h5,8-9,11-16,20,25H,1,6-7,10,17-19H2,2-4H3,(H2,33,34,35);2-3,6-9,11-12,16,19H,1,4-5,10,13-15H2,(H2,31,32,33);2,5-6,8-11,14,16,20H,1,3-4,7,12-13,15H2,(H2,31,32,33). The predicted octanol–water partition coefficient (Wildman–Crippen LogP) is 14.6. The van der Waals surface area contributed by atoms with E-state index < -0.39 is 40.4 Å². The van der Waals surface area contributed by atoms with Gasteiger partial charge in [0.1, 0.15) is 76.8 Å². The Balaban J connectivity index is 0.000000151. The number of Topliss-reactive ketones (excluding diaryl/α,β-unsaturated/α-hetero) is 3. The number of ketones is 3. The number of aryl methyl sites for hydroxylation is 3. The van der Waals surface area contributed by atoms with Crippen molar-refractivity contribution in [3.05, 3.63) is 253 Å². The van der Waals surface area contributed by atoms with E-state index in [4.69, 9.17) is 32.5 Å². The van der Waals surface area contributed by atoms with E-state index in [0.717, 1.165) is 108 Å². The third-order valence-electron chi connectivity index (χ3n) is 21.4. The monoisotopic (exact) mass is 1570 g/mol. The molecule has 3 amide bonds. The van der Waals surface area contributed by atoms with Gasteiger partial charge in [0.15, 0.2) is 34.3 Å². The van der Waals surface area contributed by atoms with Crippen LogP contribution < -0.4 is 17.2 Å². The first kappa shape index (κ1) is 80.8. The van der Waals surface area contributed by atoms with Crippen molar-refractivity contribution >= 4 is 85.6 Å². The summed E-state index contributed by atoms with van der Waals surface area (Å²) in [5.41, 5.74) is 29.1. The molecule has 6 aromatic carbocycles. The third-order valence-corrected chi connectivity index (χ3v) is 21.4. The number of nitrogens with two attached hydrogens (primary N) is 3. The van der Waals surface area contributed by atoms with Crippen LogP contribution >= 0.6 is 0 Å². The van der Waals surface area contributed by atoms with E-state index >= 15 is 0 Å². The van der Waals surface area contributed by atoms with Crippen molar-refractivity contribution in [1.82, 2.24) is 73.9 Å². The minimum Gasteiger partial charge on any atom is -0.383 e. The summed E-state index contributed by atoms with van der Waals surface area (Å²) in [7, 11) is 0. The molecule has 3 fully saturated rings. The van der Waals surface area contributed by atoms with Crippen molar-refractivity contribution < 1.29 is 46.3 Å². The number of amides is 3. The molecule has 594 valence electrons. The van der Waals surface area contributed by atoms with E-state index in [-0.39, 0.29) is 65.5 Å². The Hall–Kier alpha value is -13.3. The Morgan fingerprint density at radius 1 is 0.440 bits per heavy atom. The third kappa shape index (κ3) is 17.9. The molecule has 24 nitrogen and oxygen atoms in total. The van der Waals surface area contributed by atoms with E-state index in [9.17, 15) is 46.3 Å². The fourth-order valence-corrected chi connectivity index (χ4v) is 15.1. The quantitative estimate of drug-likeness (QED) is 0.0342. The fourth-order valence-electron chi connectivity index (χ4n) is 15.1. The van der Waals surface area contributed by atoms with Crippen molar-refractivity contribution in [3.8, 4) is 33.8 Å². The van der Waals surface area contributed by atoms with E-state index in [1.165, 1.54) is 48.8 Å². The molecule has 3 aliphatic rings. The first-order chi connectivity index (χ1) is 55.9. The summed E-state index contributed by atoms with van der Waals surface area (Å²) in [4.78, 5) is 106. The molecule has 15 rings (SSSR count). The highest BCUT2D eigenvalue weighted by molar-refractivity contribution is 6.02. The number of fused-ring (bicyclic) bond motifs is 3. The van der Waals surface area contributed by atoms with E-state index in [1.807, 2.05) is 111 Å². The molecule has 3 atom stereocenters. The zero-order valence-corrected chi connectivity index (χ0v) is 64.6. The summed E-state index contributed by atoms with van der Waals surface area (Å²) < 4.78 is 60.8. The van der Waals surface area contributed by atoms with Gasteiger partial charge in [0, 0.05) is 80.8 Å². The van der Waals surface area contributed by atoms with Gasteiger partial charge in [0.05, 0.1) is 45.4 Å². The van der Waals surface area contributed by atoms with Gasteiger partial charge in [-0.15, -0.1) is 0 Å². The van der Waals surface area contributed by atoms with Crippen LogP contribution in [0.3, 0.4) is 0 Å². The molecule has 0 radical (unpaired) electrons. The Kier molecular flexibility index (Phi) is 24.7. The van der Waals surface area contributed by atoms with Gasteiger partial charge in [0.25, 0.3) is 0 Å². The molecule has 9 heterocycles. The Bertz CT molecular complexity index is 5700. The van der Waals surface area contributed by atoms with Gasteiger partial charge in [-0.1, -0.05) is 144 Å². The summed E-state index contributed by atoms with van der Waals surface area (Å²) in [6.07, 6.45) is 15.1. The second-order valence-corrected chi connectivity index (χ2v) is 30.0. The lowest BCUT2D eigenvalue weighted by Gasteiger charge is -2.32. The lowest BCUT2D eigenvalue weighted by molar-refractivity contribution is -0.128. The summed E-state index contributed by atoms with van der Waals surface area (Å²) >= 11 is 0. The highest BCUT2D eigenvalue weighted by atomic mass is 19.1. The predicted molar refractivity (Wildman–Crippen MR) is 436 cm³/mol. The fraction of sp³-hybridized carbons (Fsp3) is 0.284. The molecule has 12 aromatic rings. The van der Waals surface area contributed by atoms with Crippen molar-refractivity contribution in [2.75, 3.05) is 56.5 Å². The second kappa shape index (κ2) is 35.4. The maximum atomic E-state index is 13.9. The first-order valence-electron chi connectivity index (χ1n) is 38.5. The summed E-state index contributed by atoms with van der Waals surface area (Å²) in [6, 6.07) is 36.9. The number of piperidine rings is 3. The van der Waals surface area contributed by atoms with Crippen LogP contribution in [0.1, 0.15) is 150 Å². The molecule has 0 bridgehead atoms. The number of nitrogen functional groups attached to an aromatic ring is 3. The van der Waals surface area contributed by atoms with Gasteiger partial charge in [-0.05, 0) is 134 Å². The van der Waals surface area contributed by atoms with Crippen LogP contribution in [0.15, 0.2) is 190 Å². The Labute approximate surface area is 666 Å². The number of hydrogen-bond acceptors (Lipinski definition) is 18. The van der Waals surface area contributed by atoms with Crippen LogP contribution in [0.4, 0.5) is 35.0 Å². The zero-order chi connectivity index (χ0) is 82.1. The molecule has 0 aliphatic carbocycles. The number of rotatable bonds is 21. The molecule has 3 aliphatic heterocycles. The normalized spacial score (nSPS) is 15.6. The first-order valence-corrected chi connectivity index (χ1v) is 38.5. The number of anilines is 3. The average Bonchev–Trinajstić information content (AvgIpc) is 1.62. The molecule has 0 spiro atoms. The smallest absolute Gasteiger partial charge is 0.246 e. The molecule has 0 saturated carbocycles. The van der Waals surface area contributed by atoms with Gasteiger partial charge in [0.2, 0.25) is 17.7 Å². The number of carbonyl (C=O) groups excluding carboxylic acids is 6. The number of benzene rings is 6. The second-order valence-electron chi connectivity index (χ2n) is 30.0. The molecule has 116 heavy (non-hydrogen) atoms. The zero-order valence-electron chi connectivity index (χ0n) is 64.6. The van der Waals surface area contributed by atoms with Crippen molar-refractivity contribution in [2.45, 2.75) is 121 Å². The molecule has 3 saturated heterocycles. The van der Waals surface area contributed by atoms with Gasteiger partial charge in [-0.2, -0.15) is 15.3 Å². The summed E-state index contributed by atoms with van der Waals surface area (Å²) in [5.74, 6) is -3.35. The minimum atomic E-state index is -0.859. The molecule has 6 aromatic heterocycles. The number of aromatic nitrogens is 12. The van der Waals surface area contributed by atoms with Gasteiger partial charge in [-0.25, -0.2) is 61.5 Å². The number of likely N-dealkylation sites (tertiary alicyclic amines) is 3. The molecular weight excluding hydrogens is 1480 g/mol. The van der Waals surface area contributed by atoms with E-state index in [1.54, 1.807) is 14.7 Å². The van der Waals surface area contributed by atoms with E-state index in [2.05, 4.69) is 70.4 Å². The average molecular weight is 1570 g/mol. The van der Waals surface area contributed by atoms with Crippen molar-refractivity contribution in [2.24, 2.45) is 0 Å². The van der Waals surface area contributed by atoms with Crippen LogP contribution in [0, 0.1) is 23.3 Å². The number of hydrogen-bond donors (Lipinski definition) is 3. The maximum Gasteiger partial charge on any atom is 0.246 e. The number of carbonyl (C=O) groups is 6. The SMILES string of the molecule is C=CC(=O)N1CCCC(n2nc(-c3ccc(CCC(=O)c4c(F)cccc4F)cc3)c3c(N)ncnc32)C1.C=CC(=O)N1CCCC(n2nc(-c3ccc(CCC(=O)c4cc(F)ccc4F)cc3)c3c(N)ncnc32)C1.C=CC(=O)N1CCCC(n2nc(-c3ccc(CCC(=O)c4ccc(C(C)(C)C)cc4)cc3)c3c(N)ncnc32)C1.